The van der Waals surface area contributed by atoms with E-state index in [9.17, 15) is 19.5 Å². The summed E-state index contributed by atoms with van der Waals surface area (Å²) in [6.45, 7) is 2.79. The third-order valence-electron chi connectivity index (χ3n) is 3.47. The summed E-state index contributed by atoms with van der Waals surface area (Å²) >= 11 is 0. The monoisotopic (exact) mass is 404 g/mol. The van der Waals surface area contributed by atoms with E-state index >= 15 is 0 Å². The van der Waals surface area contributed by atoms with Crippen molar-refractivity contribution in [2.24, 2.45) is 0 Å². The summed E-state index contributed by atoms with van der Waals surface area (Å²) in [5.41, 5.74) is 0. The maximum Gasteiger partial charge on any atom is 0.305 e. The van der Waals surface area contributed by atoms with Crippen molar-refractivity contribution in [3.63, 3.8) is 0 Å². The number of nitrogens with one attached hydrogen (secondary N) is 1. The van der Waals surface area contributed by atoms with Gasteiger partial charge in [0.1, 0.15) is 12.8 Å². The van der Waals surface area contributed by atoms with Crippen molar-refractivity contribution in [1.82, 2.24) is 10.2 Å². The first-order valence-corrected chi connectivity index (χ1v) is 8.97. The Morgan fingerprint density at radius 2 is 1.50 bits per heavy atom. The average molecular weight is 404 g/mol. The third kappa shape index (κ3) is 11.6. The van der Waals surface area contributed by atoms with Gasteiger partial charge in [0.2, 0.25) is 11.8 Å². The van der Waals surface area contributed by atoms with Gasteiger partial charge in [-0.2, -0.15) is 0 Å². The second kappa shape index (κ2) is 14.9. The van der Waals surface area contributed by atoms with Crippen LogP contribution in [0, 0.1) is 0 Å². The van der Waals surface area contributed by atoms with E-state index in [1.54, 1.807) is 0 Å². The second-order valence-electron chi connectivity index (χ2n) is 5.68. The van der Waals surface area contributed by atoms with Gasteiger partial charge in [0.05, 0.1) is 59.3 Å². The van der Waals surface area contributed by atoms with E-state index in [2.05, 4.69) is 5.32 Å². The summed E-state index contributed by atoms with van der Waals surface area (Å²) in [6, 6.07) is 0. The molecule has 0 spiro atoms. The Hall–Kier alpha value is -2.05. The van der Waals surface area contributed by atoms with E-state index in [4.69, 9.17) is 24.1 Å². The van der Waals surface area contributed by atoms with Gasteiger partial charge in [0.15, 0.2) is 0 Å². The van der Waals surface area contributed by atoms with Crippen LogP contribution in [0.15, 0.2) is 12.2 Å². The molecule has 0 aliphatic carbocycles. The van der Waals surface area contributed by atoms with Crippen LogP contribution in [0.1, 0.15) is 6.42 Å². The minimum Gasteiger partial charge on any atom is -0.481 e. The Morgan fingerprint density at radius 1 is 0.964 bits per heavy atom. The summed E-state index contributed by atoms with van der Waals surface area (Å²) in [6.07, 6.45) is 1.47. The zero-order valence-electron chi connectivity index (χ0n) is 15.7. The van der Waals surface area contributed by atoms with Gasteiger partial charge in [0.25, 0.3) is 0 Å². The smallest absolute Gasteiger partial charge is 0.305 e. The first-order chi connectivity index (χ1) is 13.5. The van der Waals surface area contributed by atoms with Gasteiger partial charge >= 0.3 is 5.97 Å². The molecule has 1 aliphatic rings. The van der Waals surface area contributed by atoms with Gasteiger partial charge < -0.3 is 39.4 Å². The molecule has 0 aromatic carbocycles. The van der Waals surface area contributed by atoms with E-state index in [1.165, 1.54) is 12.2 Å². The van der Waals surface area contributed by atoms with Crippen LogP contribution < -0.4 is 5.32 Å². The predicted molar refractivity (Wildman–Crippen MR) is 95.4 cm³/mol. The summed E-state index contributed by atoms with van der Waals surface area (Å²) < 4.78 is 20.9. The quantitative estimate of drug-likeness (QED) is 0.243. The van der Waals surface area contributed by atoms with Gasteiger partial charge in [-0.15, -0.1) is 0 Å². The molecule has 1 unspecified atom stereocenters. The van der Waals surface area contributed by atoms with E-state index < -0.39 is 18.1 Å². The molecule has 0 bridgehead atoms. The number of rotatable bonds is 17. The lowest BCUT2D eigenvalue weighted by molar-refractivity contribution is -0.138. The molecule has 1 rings (SSSR count). The highest BCUT2D eigenvalue weighted by Crippen LogP contribution is 2.07. The standard InChI is InChI=1S/C17H28N2O9/c20-14(13-19-15(21)1-2-16(19)22)18-4-6-26-8-10-28-12-11-27-9-7-25-5-3-17(23)24/h1-2,15,21H,3-13H2,(H,18,20)(H,23,24). The molecule has 1 atom stereocenters. The number of aliphatic hydroxyl groups is 1. The van der Waals surface area contributed by atoms with Crippen molar-refractivity contribution in [1.29, 1.82) is 0 Å². The van der Waals surface area contributed by atoms with Crippen molar-refractivity contribution in [3.8, 4) is 0 Å². The normalized spacial score (nSPS) is 16.0. The Bertz CT molecular complexity index is 513. The highest BCUT2D eigenvalue weighted by molar-refractivity contribution is 5.93. The largest absolute Gasteiger partial charge is 0.481 e. The fourth-order valence-electron chi connectivity index (χ4n) is 2.06. The molecule has 0 fully saturated rings. The summed E-state index contributed by atoms with van der Waals surface area (Å²) in [4.78, 5) is 34.3. The van der Waals surface area contributed by atoms with Crippen molar-refractivity contribution >= 4 is 17.8 Å². The number of aliphatic hydroxyl groups excluding tert-OH is 1. The van der Waals surface area contributed by atoms with E-state index in [0.29, 0.717) is 46.2 Å². The lowest BCUT2D eigenvalue weighted by Gasteiger charge is -2.19. The first kappa shape index (κ1) is 24.0. The summed E-state index contributed by atoms with van der Waals surface area (Å²) in [5, 5.41) is 20.5. The zero-order chi connectivity index (χ0) is 20.6. The Labute approximate surface area is 163 Å². The number of nitrogens with zero attached hydrogens (tertiary/aromatic N) is 1. The lowest BCUT2D eigenvalue weighted by atomic mass is 10.4. The van der Waals surface area contributed by atoms with Crippen LogP contribution in [0.25, 0.3) is 0 Å². The average Bonchev–Trinajstić information content (AvgIpc) is 2.96. The highest BCUT2D eigenvalue weighted by Gasteiger charge is 2.25. The number of carbonyl (C=O) groups is 3. The number of carboxylic acids is 1. The molecule has 2 amide bonds. The number of aliphatic carboxylic acids is 1. The van der Waals surface area contributed by atoms with E-state index in [-0.39, 0.29) is 32.0 Å². The Morgan fingerprint density at radius 3 is 2.00 bits per heavy atom. The molecule has 0 saturated carbocycles. The molecule has 3 N–H and O–H groups in total. The SMILES string of the molecule is O=C(O)CCOCCOCCOCCOCCNC(=O)CN1C(=O)C=CC1O. The minimum absolute atomic E-state index is 0.0223. The van der Waals surface area contributed by atoms with Crippen LogP contribution >= 0.6 is 0 Å². The van der Waals surface area contributed by atoms with Crippen LogP contribution in [0.5, 0.6) is 0 Å². The highest BCUT2D eigenvalue weighted by atomic mass is 16.6. The van der Waals surface area contributed by atoms with Crippen LogP contribution in [-0.2, 0) is 33.3 Å². The van der Waals surface area contributed by atoms with Crippen molar-refractivity contribution in [2.75, 3.05) is 65.9 Å². The van der Waals surface area contributed by atoms with Gasteiger partial charge in [-0.05, 0) is 6.08 Å². The maximum absolute atomic E-state index is 11.7. The molecule has 0 radical (unpaired) electrons. The van der Waals surface area contributed by atoms with Crippen molar-refractivity contribution in [2.45, 2.75) is 12.6 Å². The fraction of sp³-hybridized carbons (Fsp3) is 0.706. The van der Waals surface area contributed by atoms with Crippen LogP contribution in [0.4, 0.5) is 0 Å². The minimum atomic E-state index is -1.06. The number of hydrogen-bond donors (Lipinski definition) is 3. The van der Waals surface area contributed by atoms with Crippen molar-refractivity contribution in [3.05, 3.63) is 12.2 Å². The topological polar surface area (TPSA) is 144 Å². The van der Waals surface area contributed by atoms with E-state index in [0.717, 1.165) is 4.90 Å². The fourth-order valence-corrected chi connectivity index (χ4v) is 2.06. The Balaban J connectivity index is 1.80. The predicted octanol–water partition coefficient (Wildman–Crippen LogP) is -1.64. The molecule has 0 aromatic rings. The van der Waals surface area contributed by atoms with Crippen LogP contribution in [-0.4, -0.2) is 105 Å². The van der Waals surface area contributed by atoms with E-state index in [1.807, 2.05) is 0 Å². The number of amides is 2. The van der Waals surface area contributed by atoms with Gasteiger partial charge in [-0.3, -0.25) is 14.4 Å². The molecule has 11 nitrogen and oxygen atoms in total. The molecule has 0 saturated heterocycles. The van der Waals surface area contributed by atoms with Crippen molar-refractivity contribution < 1.29 is 43.5 Å². The van der Waals surface area contributed by atoms with Gasteiger partial charge in [-0.25, -0.2) is 0 Å². The molecule has 1 aliphatic heterocycles. The number of hydrogen-bond acceptors (Lipinski definition) is 8. The second-order valence-corrected chi connectivity index (χ2v) is 5.68. The van der Waals surface area contributed by atoms with Gasteiger partial charge in [0, 0.05) is 12.6 Å². The molecule has 11 heteroatoms. The molecular formula is C17H28N2O9. The molecule has 1 heterocycles. The lowest BCUT2D eigenvalue weighted by Crippen LogP contribution is -2.43. The molecular weight excluding hydrogens is 376 g/mol. The summed E-state index contributed by atoms with van der Waals surface area (Å²) in [5.74, 6) is -1.67. The van der Waals surface area contributed by atoms with Gasteiger partial charge in [-0.1, -0.05) is 0 Å². The summed E-state index contributed by atoms with van der Waals surface area (Å²) in [7, 11) is 0. The maximum atomic E-state index is 11.7. The number of ether oxygens (including phenoxy) is 4. The molecule has 0 aromatic heterocycles. The Kier molecular flexibility index (Phi) is 12.8. The first-order valence-electron chi connectivity index (χ1n) is 8.97. The van der Waals surface area contributed by atoms with Crippen LogP contribution in [0.3, 0.4) is 0 Å². The molecule has 28 heavy (non-hydrogen) atoms. The number of carboxylic acid groups (broad SMARTS) is 1. The zero-order valence-corrected chi connectivity index (χ0v) is 15.7. The van der Waals surface area contributed by atoms with Crippen LogP contribution in [0.2, 0.25) is 0 Å². The molecule has 160 valence electrons. The number of carbonyl (C=O) groups excluding carboxylic acids is 2. The third-order valence-corrected chi connectivity index (χ3v) is 3.47.